The molecule has 0 bridgehead atoms. The molecule has 2 N–H and O–H groups in total. The van der Waals surface area contributed by atoms with Crippen molar-refractivity contribution in [1.29, 1.82) is 0 Å². The van der Waals surface area contributed by atoms with E-state index >= 15 is 0 Å². The monoisotopic (exact) mass is 335 g/mol. The van der Waals surface area contributed by atoms with Crippen molar-refractivity contribution in [3.05, 3.63) is 57.3 Å². The van der Waals surface area contributed by atoms with E-state index in [0.29, 0.717) is 6.07 Å². The van der Waals surface area contributed by atoms with E-state index in [0.717, 1.165) is 6.07 Å². The first-order chi connectivity index (χ1) is 9.81. The van der Waals surface area contributed by atoms with Crippen LogP contribution < -0.4 is 5.32 Å². The molecule has 0 heterocycles. The van der Waals surface area contributed by atoms with Gasteiger partial charge in [0.15, 0.2) is 23.2 Å². The Labute approximate surface area is 126 Å². The van der Waals surface area contributed by atoms with Crippen LogP contribution in [-0.2, 0) is 0 Å². The van der Waals surface area contributed by atoms with Crippen LogP contribution in [0.2, 0.25) is 10.0 Å². The van der Waals surface area contributed by atoms with Crippen LogP contribution in [0.5, 0.6) is 5.75 Å². The maximum absolute atomic E-state index is 13.5. The Bertz CT molecular complexity index is 738. The van der Waals surface area contributed by atoms with Crippen LogP contribution in [0.3, 0.4) is 0 Å². The van der Waals surface area contributed by atoms with Gasteiger partial charge in [-0.15, -0.1) is 0 Å². The molecule has 2 rings (SSSR count). The number of phenols is 1. The van der Waals surface area contributed by atoms with E-state index in [-0.39, 0.29) is 15.7 Å². The third kappa shape index (κ3) is 3.06. The van der Waals surface area contributed by atoms with Gasteiger partial charge in [0.05, 0.1) is 16.3 Å². The quantitative estimate of drug-likeness (QED) is 0.632. The molecule has 0 radical (unpaired) electrons. The molecule has 2 aromatic rings. The van der Waals surface area contributed by atoms with Crippen LogP contribution in [0.1, 0.15) is 10.4 Å². The fourth-order valence-electron chi connectivity index (χ4n) is 1.55. The van der Waals surface area contributed by atoms with E-state index in [4.69, 9.17) is 23.2 Å². The van der Waals surface area contributed by atoms with Crippen LogP contribution >= 0.6 is 23.2 Å². The maximum Gasteiger partial charge on any atom is 0.258 e. The van der Waals surface area contributed by atoms with E-state index in [9.17, 15) is 23.1 Å². The van der Waals surface area contributed by atoms with Gasteiger partial charge in [-0.3, -0.25) is 4.79 Å². The van der Waals surface area contributed by atoms with Gasteiger partial charge in [-0.1, -0.05) is 23.2 Å². The van der Waals surface area contributed by atoms with Gasteiger partial charge >= 0.3 is 0 Å². The SMILES string of the molecule is O=C(Nc1cc(Cl)cc(Cl)c1O)c1ccc(F)c(F)c1F. The van der Waals surface area contributed by atoms with Gasteiger partial charge in [0, 0.05) is 5.02 Å². The van der Waals surface area contributed by atoms with E-state index < -0.39 is 34.7 Å². The number of carbonyl (C=O) groups is 1. The Morgan fingerprint density at radius 2 is 1.76 bits per heavy atom. The summed E-state index contributed by atoms with van der Waals surface area (Å²) in [7, 11) is 0. The first-order valence-electron chi connectivity index (χ1n) is 5.44. The van der Waals surface area contributed by atoms with Crippen molar-refractivity contribution >= 4 is 34.8 Å². The van der Waals surface area contributed by atoms with Gasteiger partial charge in [-0.2, -0.15) is 0 Å². The van der Waals surface area contributed by atoms with Crippen molar-refractivity contribution in [2.24, 2.45) is 0 Å². The van der Waals surface area contributed by atoms with Gasteiger partial charge in [-0.05, 0) is 24.3 Å². The molecule has 1 amide bonds. The lowest BCUT2D eigenvalue weighted by atomic mass is 10.1. The summed E-state index contributed by atoms with van der Waals surface area (Å²) >= 11 is 11.4. The fraction of sp³-hybridized carbons (Fsp3) is 0. The predicted molar refractivity (Wildman–Crippen MR) is 72.4 cm³/mol. The highest BCUT2D eigenvalue weighted by atomic mass is 35.5. The molecule has 0 aliphatic rings. The number of carbonyl (C=O) groups excluding carboxylic acids is 1. The van der Waals surface area contributed by atoms with E-state index in [1.807, 2.05) is 0 Å². The summed E-state index contributed by atoms with van der Waals surface area (Å²) in [6.07, 6.45) is 0. The molecule has 0 saturated heterocycles. The van der Waals surface area contributed by atoms with Gasteiger partial charge in [0.1, 0.15) is 0 Å². The molecule has 110 valence electrons. The largest absolute Gasteiger partial charge is 0.504 e. The highest BCUT2D eigenvalue weighted by Crippen LogP contribution is 2.35. The van der Waals surface area contributed by atoms with E-state index in [2.05, 4.69) is 5.32 Å². The third-order valence-electron chi connectivity index (χ3n) is 2.56. The average molecular weight is 336 g/mol. The summed E-state index contributed by atoms with van der Waals surface area (Å²) in [5.41, 5.74) is -0.925. The number of benzene rings is 2. The second-order valence-electron chi connectivity index (χ2n) is 3.96. The number of anilines is 1. The fourth-order valence-corrected chi connectivity index (χ4v) is 2.05. The molecular weight excluding hydrogens is 330 g/mol. The molecule has 0 unspecified atom stereocenters. The van der Waals surface area contributed by atoms with Gasteiger partial charge in [-0.25, -0.2) is 13.2 Å². The van der Waals surface area contributed by atoms with E-state index in [1.54, 1.807) is 0 Å². The molecule has 0 saturated carbocycles. The highest BCUT2D eigenvalue weighted by Gasteiger charge is 2.20. The minimum atomic E-state index is -1.77. The Balaban J connectivity index is 2.37. The Hall–Kier alpha value is -1.92. The van der Waals surface area contributed by atoms with E-state index in [1.165, 1.54) is 12.1 Å². The summed E-state index contributed by atoms with van der Waals surface area (Å²) < 4.78 is 39.4. The molecule has 0 spiro atoms. The predicted octanol–water partition coefficient (Wildman–Crippen LogP) is 4.37. The number of hydrogen-bond acceptors (Lipinski definition) is 2. The standard InChI is InChI=1S/C13H6Cl2F3NO2/c14-5-3-7(15)12(20)9(4-5)19-13(21)6-1-2-8(16)11(18)10(6)17/h1-4,20H,(H,19,21). The number of rotatable bonds is 2. The summed E-state index contributed by atoms with van der Waals surface area (Å²) in [5.74, 6) is -6.41. The van der Waals surface area contributed by atoms with Crippen LogP contribution in [0.25, 0.3) is 0 Å². The van der Waals surface area contributed by atoms with Crippen molar-refractivity contribution in [2.75, 3.05) is 5.32 Å². The normalized spacial score (nSPS) is 10.5. The topological polar surface area (TPSA) is 49.3 Å². The lowest BCUT2D eigenvalue weighted by molar-refractivity contribution is 0.102. The minimum Gasteiger partial charge on any atom is -0.504 e. The zero-order valence-corrected chi connectivity index (χ0v) is 11.6. The summed E-state index contributed by atoms with van der Waals surface area (Å²) in [6, 6.07) is 3.77. The third-order valence-corrected chi connectivity index (χ3v) is 3.06. The van der Waals surface area contributed by atoms with Gasteiger partial charge < -0.3 is 10.4 Å². The summed E-state index contributed by atoms with van der Waals surface area (Å²) in [6.45, 7) is 0. The Morgan fingerprint density at radius 1 is 1.10 bits per heavy atom. The first kappa shape index (κ1) is 15.5. The zero-order chi connectivity index (χ0) is 15.7. The second kappa shape index (κ2) is 5.83. The molecule has 0 atom stereocenters. The van der Waals surface area contributed by atoms with Crippen molar-refractivity contribution < 1.29 is 23.1 Å². The smallest absolute Gasteiger partial charge is 0.258 e. The molecule has 0 aromatic heterocycles. The Morgan fingerprint density at radius 3 is 2.43 bits per heavy atom. The van der Waals surface area contributed by atoms with Crippen LogP contribution in [0.4, 0.5) is 18.9 Å². The van der Waals surface area contributed by atoms with Crippen LogP contribution in [0.15, 0.2) is 24.3 Å². The average Bonchev–Trinajstić information content (AvgIpc) is 2.41. The van der Waals surface area contributed by atoms with Crippen molar-refractivity contribution in [3.63, 3.8) is 0 Å². The van der Waals surface area contributed by atoms with Crippen molar-refractivity contribution in [3.8, 4) is 5.75 Å². The second-order valence-corrected chi connectivity index (χ2v) is 4.80. The molecule has 2 aromatic carbocycles. The van der Waals surface area contributed by atoms with Crippen molar-refractivity contribution in [2.45, 2.75) is 0 Å². The number of halogens is 5. The Kier molecular flexibility index (Phi) is 4.29. The molecule has 0 fully saturated rings. The molecule has 0 aliphatic carbocycles. The lowest BCUT2D eigenvalue weighted by Crippen LogP contribution is -2.15. The number of nitrogens with one attached hydrogen (secondary N) is 1. The first-order valence-corrected chi connectivity index (χ1v) is 6.19. The highest BCUT2D eigenvalue weighted by molar-refractivity contribution is 6.36. The summed E-state index contributed by atoms with van der Waals surface area (Å²) in [5, 5.41) is 11.7. The molecule has 8 heteroatoms. The van der Waals surface area contributed by atoms with Crippen molar-refractivity contribution in [1.82, 2.24) is 0 Å². The van der Waals surface area contributed by atoms with Crippen LogP contribution in [-0.4, -0.2) is 11.0 Å². The lowest BCUT2D eigenvalue weighted by Gasteiger charge is -2.10. The summed E-state index contributed by atoms with van der Waals surface area (Å²) in [4.78, 5) is 11.8. The van der Waals surface area contributed by atoms with Gasteiger partial charge in [0.2, 0.25) is 0 Å². The van der Waals surface area contributed by atoms with Gasteiger partial charge in [0.25, 0.3) is 5.91 Å². The number of amides is 1. The van der Waals surface area contributed by atoms with Crippen LogP contribution in [0, 0.1) is 17.5 Å². The minimum absolute atomic E-state index is 0.110. The zero-order valence-electron chi connectivity index (χ0n) is 10.1. The maximum atomic E-state index is 13.5. The molecule has 3 nitrogen and oxygen atoms in total. The molecule has 21 heavy (non-hydrogen) atoms. The molecule has 0 aliphatic heterocycles. The number of aromatic hydroxyl groups is 1. The number of phenolic OH excluding ortho intramolecular Hbond substituents is 1. The molecular formula is C13H6Cl2F3NO2. The number of hydrogen-bond donors (Lipinski definition) is 2.